The molecule has 0 aliphatic carbocycles. The Balaban J connectivity index is 1.28. The Labute approximate surface area is 244 Å². The summed E-state index contributed by atoms with van der Waals surface area (Å²) in [6.07, 6.45) is 7.63. The monoisotopic (exact) mass is 587 g/mol. The highest BCUT2D eigenvalue weighted by atomic mass is 35.5. The quantitative estimate of drug-likeness (QED) is 0.253. The molecule has 1 saturated heterocycles. The van der Waals surface area contributed by atoms with Crippen LogP contribution in [0.4, 0.5) is 11.5 Å². The van der Waals surface area contributed by atoms with Crippen LogP contribution in [-0.4, -0.2) is 50.4 Å². The van der Waals surface area contributed by atoms with Crippen molar-refractivity contribution in [3.8, 4) is 22.8 Å². The minimum atomic E-state index is -0.322. The lowest BCUT2D eigenvalue weighted by molar-refractivity contribution is 0.103. The van der Waals surface area contributed by atoms with Crippen molar-refractivity contribution >= 4 is 61.5 Å². The maximum absolute atomic E-state index is 13.3. The number of hydrogen-bond donors (Lipinski definition) is 2. The molecule has 0 bridgehead atoms. The minimum absolute atomic E-state index is 0.00439. The van der Waals surface area contributed by atoms with E-state index >= 15 is 0 Å². The van der Waals surface area contributed by atoms with Gasteiger partial charge in [-0.05, 0) is 44.2 Å². The number of nitrogens with zero attached hydrogens (tertiary/aromatic N) is 5. The molecule has 12 heteroatoms. The minimum Gasteiger partial charge on any atom is -0.453 e. The van der Waals surface area contributed by atoms with Gasteiger partial charge in [0.1, 0.15) is 22.7 Å². The fourth-order valence-electron chi connectivity index (χ4n) is 5.59. The number of halogens is 1. The Morgan fingerprint density at radius 3 is 2.90 bits per heavy atom. The molecule has 5 heterocycles. The largest absolute Gasteiger partial charge is 0.453 e. The van der Waals surface area contributed by atoms with E-state index in [2.05, 4.69) is 26.4 Å². The molecule has 1 atom stereocenters. The van der Waals surface area contributed by atoms with E-state index in [9.17, 15) is 4.79 Å². The molecule has 3 aromatic heterocycles. The number of ether oxygens (including phenoxy) is 2. The van der Waals surface area contributed by atoms with Gasteiger partial charge in [0, 0.05) is 28.7 Å². The second-order valence-electron chi connectivity index (χ2n) is 9.94. The van der Waals surface area contributed by atoms with E-state index in [1.54, 1.807) is 6.07 Å². The predicted octanol–water partition coefficient (Wildman–Crippen LogP) is 6.10. The third kappa shape index (κ3) is 4.32. The number of fused-ring (bicyclic) bond motifs is 3. The molecule has 0 saturated carbocycles. The Hall–Kier alpha value is -4.35. The van der Waals surface area contributed by atoms with Crippen LogP contribution in [0.25, 0.3) is 32.4 Å². The van der Waals surface area contributed by atoms with Gasteiger partial charge in [0.25, 0.3) is 5.91 Å². The maximum atomic E-state index is 13.3. The number of rotatable bonds is 5. The van der Waals surface area contributed by atoms with Gasteiger partial charge in [0.05, 0.1) is 22.1 Å². The highest BCUT2D eigenvalue weighted by Crippen LogP contribution is 2.48. The van der Waals surface area contributed by atoms with Crippen molar-refractivity contribution in [3.63, 3.8) is 0 Å². The second-order valence-corrected chi connectivity index (χ2v) is 11.4. The van der Waals surface area contributed by atoms with Gasteiger partial charge < -0.3 is 25.4 Å². The number of carbonyl (C=O) groups is 1. The van der Waals surface area contributed by atoms with E-state index in [-0.39, 0.29) is 18.7 Å². The zero-order valence-corrected chi connectivity index (χ0v) is 23.7. The number of likely N-dealkylation sites (tertiary alicyclic amines) is 1. The van der Waals surface area contributed by atoms with Crippen LogP contribution in [-0.2, 0) is 0 Å². The second kappa shape index (κ2) is 10.2. The molecule has 41 heavy (non-hydrogen) atoms. The van der Waals surface area contributed by atoms with Crippen molar-refractivity contribution in [2.24, 2.45) is 0 Å². The number of thiophene rings is 1. The van der Waals surface area contributed by atoms with Gasteiger partial charge in [-0.3, -0.25) is 4.79 Å². The molecule has 2 aromatic carbocycles. The molecular weight excluding hydrogens is 562 g/mol. The van der Waals surface area contributed by atoms with Crippen molar-refractivity contribution in [3.05, 3.63) is 64.9 Å². The number of allylic oxidation sites excluding steroid dienone is 1. The third-order valence-corrected chi connectivity index (χ3v) is 9.09. The molecule has 10 nitrogen and oxygen atoms in total. The Bertz CT molecular complexity index is 1850. The maximum Gasteiger partial charge on any atom is 0.267 e. The number of benzene rings is 2. The molecule has 2 aliphatic heterocycles. The average molecular weight is 588 g/mol. The molecule has 7 rings (SSSR count). The van der Waals surface area contributed by atoms with Crippen molar-refractivity contribution in [1.29, 1.82) is 0 Å². The van der Waals surface area contributed by atoms with Crippen LogP contribution in [0.3, 0.4) is 0 Å². The SMILES string of the molecule is CC=CN1CCC[C@@H](n2nc(-c3ccc(NC(=O)c4sc5ccccc5c4Cl)c4c3OCO4)c3c(N)ncnc32)C1. The van der Waals surface area contributed by atoms with Crippen LogP contribution in [0.5, 0.6) is 11.5 Å². The zero-order chi connectivity index (χ0) is 28.1. The lowest BCUT2D eigenvalue weighted by Crippen LogP contribution is -2.33. The molecule has 1 amide bonds. The van der Waals surface area contributed by atoms with E-state index in [0.717, 1.165) is 36.0 Å². The van der Waals surface area contributed by atoms with Crippen molar-refractivity contribution in [2.45, 2.75) is 25.8 Å². The van der Waals surface area contributed by atoms with E-state index < -0.39 is 0 Å². The summed E-state index contributed by atoms with van der Waals surface area (Å²) in [7, 11) is 0. The first-order valence-corrected chi connectivity index (χ1v) is 14.5. The number of nitrogens with one attached hydrogen (secondary N) is 1. The summed E-state index contributed by atoms with van der Waals surface area (Å²) in [4.78, 5) is 24.8. The topological polar surface area (TPSA) is 120 Å². The highest BCUT2D eigenvalue weighted by Gasteiger charge is 2.30. The third-order valence-electron chi connectivity index (χ3n) is 7.41. The summed E-state index contributed by atoms with van der Waals surface area (Å²) in [5.41, 5.74) is 8.83. The zero-order valence-electron chi connectivity index (χ0n) is 22.1. The van der Waals surface area contributed by atoms with Crippen LogP contribution >= 0.6 is 22.9 Å². The molecule has 2 aliphatic rings. The summed E-state index contributed by atoms with van der Waals surface area (Å²) < 4.78 is 14.7. The van der Waals surface area contributed by atoms with Crippen LogP contribution < -0.4 is 20.5 Å². The van der Waals surface area contributed by atoms with Crippen LogP contribution in [0.2, 0.25) is 5.02 Å². The first kappa shape index (κ1) is 25.6. The summed E-state index contributed by atoms with van der Waals surface area (Å²) >= 11 is 7.90. The van der Waals surface area contributed by atoms with E-state index in [4.69, 9.17) is 31.9 Å². The van der Waals surface area contributed by atoms with Gasteiger partial charge in [0.15, 0.2) is 17.1 Å². The average Bonchev–Trinajstić information content (AvgIpc) is 3.71. The molecule has 0 spiro atoms. The van der Waals surface area contributed by atoms with Crippen LogP contribution in [0.15, 0.2) is 55.0 Å². The van der Waals surface area contributed by atoms with Gasteiger partial charge in [0.2, 0.25) is 6.79 Å². The van der Waals surface area contributed by atoms with Crippen molar-refractivity contribution < 1.29 is 14.3 Å². The van der Waals surface area contributed by atoms with Gasteiger partial charge >= 0.3 is 0 Å². The number of nitrogens with two attached hydrogens (primary N) is 1. The van der Waals surface area contributed by atoms with Crippen LogP contribution in [0, 0.1) is 0 Å². The Kier molecular flexibility index (Phi) is 6.40. The standard InChI is InChI=1S/C29H26ClN7O3S/c1-2-11-36-12-5-6-16(13-36)37-28-21(27(31)32-14-33-28)23(35-37)18-9-10-19(25-24(18)39-15-40-25)34-29(38)26-22(30)17-7-3-4-8-20(17)41-26/h2-4,7-11,14,16H,5-6,12-13,15H2,1H3,(H,34,38)(H2,31,32,33)/t16-/m1/s1. The Morgan fingerprint density at radius 2 is 2.05 bits per heavy atom. The van der Waals surface area contributed by atoms with Gasteiger partial charge in [-0.2, -0.15) is 5.10 Å². The van der Waals surface area contributed by atoms with Crippen molar-refractivity contribution in [2.75, 3.05) is 30.9 Å². The Morgan fingerprint density at radius 1 is 1.20 bits per heavy atom. The summed E-state index contributed by atoms with van der Waals surface area (Å²) in [5.74, 6) is 0.904. The molecule has 208 valence electrons. The molecule has 0 radical (unpaired) electrons. The number of amides is 1. The molecule has 0 unspecified atom stereocenters. The summed E-state index contributed by atoms with van der Waals surface area (Å²) in [5, 5.41) is 9.92. The van der Waals surface area contributed by atoms with Gasteiger partial charge in [-0.25, -0.2) is 14.6 Å². The van der Waals surface area contributed by atoms with Gasteiger partial charge in [-0.15, -0.1) is 11.3 Å². The molecule has 3 N–H and O–H groups in total. The molecular formula is C29H26ClN7O3S. The van der Waals surface area contributed by atoms with Gasteiger partial charge in [-0.1, -0.05) is 35.9 Å². The first-order chi connectivity index (χ1) is 20.0. The lowest BCUT2D eigenvalue weighted by Gasteiger charge is -2.32. The van der Waals surface area contributed by atoms with Crippen molar-refractivity contribution in [1.82, 2.24) is 24.6 Å². The van der Waals surface area contributed by atoms with E-state index in [1.807, 2.05) is 48.0 Å². The fourth-order valence-corrected chi connectivity index (χ4v) is 7.00. The molecule has 1 fully saturated rings. The van der Waals surface area contributed by atoms with Crippen LogP contribution in [0.1, 0.15) is 35.5 Å². The fraction of sp³-hybridized carbons (Fsp3) is 0.241. The molecule has 5 aromatic rings. The highest BCUT2D eigenvalue weighted by molar-refractivity contribution is 7.21. The number of carbonyl (C=O) groups excluding carboxylic acids is 1. The summed E-state index contributed by atoms with van der Waals surface area (Å²) in [6.45, 7) is 3.84. The summed E-state index contributed by atoms with van der Waals surface area (Å²) in [6, 6.07) is 11.4. The first-order valence-electron chi connectivity index (χ1n) is 13.3. The normalized spacial score (nSPS) is 16.7. The van der Waals surface area contributed by atoms with E-state index in [1.165, 1.54) is 17.7 Å². The number of anilines is 2. The number of hydrogen-bond acceptors (Lipinski definition) is 9. The lowest BCUT2D eigenvalue weighted by atomic mass is 10.1. The number of piperidine rings is 1. The smallest absolute Gasteiger partial charge is 0.267 e. The predicted molar refractivity (Wildman–Crippen MR) is 161 cm³/mol. The number of aromatic nitrogens is 4. The number of nitrogen functional groups attached to an aromatic ring is 1. The van der Waals surface area contributed by atoms with E-state index in [0.29, 0.717) is 55.2 Å².